The second kappa shape index (κ2) is 9.91. The van der Waals surface area contributed by atoms with Crippen molar-refractivity contribution >= 4 is 0 Å². The number of aliphatic hydroxyl groups is 4. The molecule has 0 aliphatic rings. The largest absolute Gasteiger partial charge is 0.396 e. The van der Waals surface area contributed by atoms with E-state index in [-0.39, 0.29) is 33.0 Å². The van der Waals surface area contributed by atoms with E-state index in [9.17, 15) is 5.11 Å². The molecule has 0 saturated carbocycles. The smallest absolute Gasteiger partial charge is 0.162 e. The molecule has 0 fully saturated rings. The monoisotopic (exact) mass is 239 g/mol. The van der Waals surface area contributed by atoms with Crippen LogP contribution in [0.5, 0.6) is 0 Å². The molecule has 0 spiro atoms. The number of rotatable bonds is 10. The highest BCUT2D eigenvalue weighted by Crippen LogP contribution is 2.13. The van der Waals surface area contributed by atoms with Crippen LogP contribution in [0.3, 0.4) is 0 Å². The lowest BCUT2D eigenvalue weighted by Crippen LogP contribution is -2.42. The summed E-state index contributed by atoms with van der Waals surface area (Å²) in [5.41, 5.74) is 0. The Morgan fingerprint density at radius 3 is 1.88 bits per heavy atom. The molecule has 7 nitrogen and oxygen atoms in total. The number of aliphatic hydroxyl groups excluding tert-OH is 4. The summed E-state index contributed by atoms with van der Waals surface area (Å²) in [6.07, 6.45) is -0.604. The van der Waals surface area contributed by atoms with Crippen molar-refractivity contribution in [3.05, 3.63) is 0 Å². The Hall–Kier alpha value is -0.280. The van der Waals surface area contributed by atoms with Gasteiger partial charge in [-0.05, 0) is 11.6 Å². The number of hydrogen-bond acceptors (Lipinski definition) is 7. The Morgan fingerprint density at radius 2 is 1.56 bits per heavy atom. The van der Waals surface area contributed by atoms with Crippen LogP contribution in [-0.2, 0) is 9.68 Å². The minimum Gasteiger partial charge on any atom is -0.396 e. The van der Waals surface area contributed by atoms with E-state index < -0.39 is 12.1 Å². The summed E-state index contributed by atoms with van der Waals surface area (Å²) in [4.78, 5) is 9.86. The van der Waals surface area contributed by atoms with Gasteiger partial charge in [-0.25, -0.2) is 0 Å². The van der Waals surface area contributed by atoms with E-state index in [2.05, 4.69) is 0 Å². The Balaban J connectivity index is 4.21. The number of hydrogen-bond donors (Lipinski definition) is 4. The Bertz CT molecular complexity index is 147. The van der Waals surface area contributed by atoms with Gasteiger partial charge in [0.25, 0.3) is 0 Å². The summed E-state index contributed by atoms with van der Waals surface area (Å²) < 4.78 is 0. The highest BCUT2D eigenvalue weighted by atomic mass is 17.0. The molecule has 0 amide bonds. The fourth-order valence-corrected chi connectivity index (χ4v) is 1.06. The van der Waals surface area contributed by atoms with Crippen LogP contribution in [-0.4, -0.2) is 64.9 Å². The summed E-state index contributed by atoms with van der Waals surface area (Å²) in [6, 6.07) is 0. The van der Waals surface area contributed by atoms with E-state index >= 15 is 0 Å². The van der Waals surface area contributed by atoms with Gasteiger partial charge in [0.1, 0.15) is 0 Å². The first-order chi connectivity index (χ1) is 7.71. The summed E-state index contributed by atoms with van der Waals surface area (Å²) >= 11 is 0. The summed E-state index contributed by atoms with van der Waals surface area (Å²) in [6.45, 7) is 1.08. The molecule has 0 saturated heterocycles. The highest BCUT2D eigenvalue weighted by molar-refractivity contribution is 4.60. The van der Waals surface area contributed by atoms with Crippen molar-refractivity contribution in [3.63, 3.8) is 0 Å². The fourth-order valence-electron chi connectivity index (χ4n) is 1.06. The lowest BCUT2D eigenvalue weighted by molar-refractivity contribution is -0.428. The van der Waals surface area contributed by atoms with Gasteiger partial charge >= 0.3 is 0 Å². The second-order valence-corrected chi connectivity index (χ2v) is 3.16. The van der Waals surface area contributed by atoms with Crippen LogP contribution >= 0.6 is 0 Å². The van der Waals surface area contributed by atoms with Gasteiger partial charge in [0.2, 0.25) is 0 Å². The molecule has 0 heterocycles. The van der Waals surface area contributed by atoms with Crippen LogP contribution in [0.2, 0.25) is 0 Å². The van der Waals surface area contributed by atoms with Gasteiger partial charge < -0.3 is 20.4 Å². The second-order valence-electron chi connectivity index (χ2n) is 3.16. The molecule has 0 aromatic rings. The van der Waals surface area contributed by atoms with Crippen molar-refractivity contribution in [2.75, 3.05) is 33.0 Å². The molecule has 98 valence electrons. The molecule has 2 atom stereocenters. The fraction of sp³-hybridized carbons (Fsp3) is 1.00. The zero-order valence-electron chi connectivity index (χ0n) is 9.45. The quantitative estimate of drug-likeness (QED) is 0.271. The van der Waals surface area contributed by atoms with Crippen LogP contribution in [0.1, 0.15) is 13.3 Å². The minimum atomic E-state index is -1.15. The molecule has 0 bridgehead atoms. The molecular weight excluding hydrogens is 218 g/mol. The van der Waals surface area contributed by atoms with Gasteiger partial charge in [0.15, 0.2) is 6.23 Å². The molecule has 0 rings (SSSR count). The lowest BCUT2D eigenvalue weighted by Gasteiger charge is -2.29. The number of nitrogens with zero attached hydrogens (tertiary/aromatic N) is 1. The summed E-state index contributed by atoms with van der Waals surface area (Å²) in [7, 11) is 0. The molecule has 2 unspecified atom stereocenters. The van der Waals surface area contributed by atoms with E-state index in [1.54, 1.807) is 6.92 Å². The Morgan fingerprint density at radius 1 is 1.06 bits per heavy atom. The van der Waals surface area contributed by atoms with E-state index in [0.29, 0.717) is 6.42 Å². The number of hydroxylamine groups is 2. The molecule has 0 aliphatic heterocycles. The molecule has 0 aromatic carbocycles. The van der Waals surface area contributed by atoms with Crippen LogP contribution < -0.4 is 0 Å². The predicted octanol–water partition coefficient (Wildman–Crippen LogP) is -1.53. The van der Waals surface area contributed by atoms with Crippen molar-refractivity contribution in [1.29, 1.82) is 0 Å². The average molecular weight is 239 g/mol. The van der Waals surface area contributed by atoms with Crippen molar-refractivity contribution < 1.29 is 30.1 Å². The standard InChI is InChI=1S/C9H21NO6/c1-2-8(7-13)9(14)10(15-5-3-11)16-6-4-12/h8-9,11-14H,2-7H2,1H3. The zero-order chi connectivity index (χ0) is 12.4. The highest BCUT2D eigenvalue weighted by Gasteiger charge is 2.25. The maximum Gasteiger partial charge on any atom is 0.162 e. The van der Waals surface area contributed by atoms with E-state index in [0.717, 1.165) is 5.23 Å². The van der Waals surface area contributed by atoms with Crippen LogP contribution in [0.25, 0.3) is 0 Å². The molecule has 7 heteroatoms. The SMILES string of the molecule is CCC(CO)C(O)N(OCCO)OCCO. The van der Waals surface area contributed by atoms with Gasteiger partial charge in [0, 0.05) is 12.5 Å². The van der Waals surface area contributed by atoms with Crippen molar-refractivity contribution in [3.8, 4) is 0 Å². The maximum atomic E-state index is 9.77. The van der Waals surface area contributed by atoms with Crippen LogP contribution in [0, 0.1) is 5.92 Å². The molecule has 0 aromatic heterocycles. The van der Waals surface area contributed by atoms with E-state index in [4.69, 9.17) is 25.0 Å². The summed E-state index contributed by atoms with van der Waals surface area (Å²) in [5.74, 6) is -0.419. The maximum absolute atomic E-state index is 9.77. The average Bonchev–Trinajstić information content (AvgIpc) is 2.30. The van der Waals surface area contributed by atoms with Crippen molar-refractivity contribution in [2.45, 2.75) is 19.6 Å². The van der Waals surface area contributed by atoms with E-state index in [1.165, 1.54) is 0 Å². The van der Waals surface area contributed by atoms with E-state index in [1.807, 2.05) is 0 Å². The van der Waals surface area contributed by atoms with Crippen LogP contribution in [0.15, 0.2) is 0 Å². The first kappa shape index (κ1) is 15.7. The van der Waals surface area contributed by atoms with Gasteiger partial charge in [-0.2, -0.15) is 0 Å². The van der Waals surface area contributed by atoms with Gasteiger partial charge in [-0.1, -0.05) is 6.92 Å². The zero-order valence-corrected chi connectivity index (χ0v) is 9.45. The molecule has 0 aliphatic carbocycles. The third kappa shape index (κ3) is 5.71. The first-order valence-corrected chi connectivity index (χ1v) is 5.26. The van der Waals surface area contributed by atoms with Gasteiger partial charge in [-0.3, -0.25) is 9.68 Å². The van der Waals surface area contributed by atoms with Crippen molar-refractivity contribution in [1.82, 2.24) is 5.23 Å². The third-order valence-corrected chi connectivity index (χ3v) is 2.02. The van der Waals surface area contributed by atoms with Crippen molar-refractivity contribution in [2.24, 2.45) is 5.92 Å². The topological polar surface area (TPSA) is 103 Å². The lowest BCUT2D eigenvalue weighted by atomic mass is 10.1. The Labute approximate surface area is 94.7 Å². The molecule has 0 radical (unpaired) electrons. The minimum absolute atomic E-state index is 0.0373. The normalized spacial score (nSPS) is 15.4. The summed E-state index contributed by atoms with van der Waals surface area (Å²) in [5, 5.41) is 36.8. The third-order valence-electron chi connectivity index (χ3n) is 2.02. The molecule has 16 heavy (non-hydrogen) atoms. The first-order valence-electron chi connectivity index (χ1n) is 5.26. The molecule has 4 N–H and O–H groups in total. The van der Waals surface area contributed by atoms with Gasteiger partial charge in [-0.15, -0.1) is 0 Å². The van der Waals surface area contributed by atoms with Crippen LogP contribution in [0.4, 0.5) is 0 Å². The van der Waals surface area contributed by atoms with Gasteiger partial charge in [0.05, 0.1) is 26.4 Å². The molecular formula is C9H21NO6. The predicted molar refractivity (Wildman–Crippen MR) is 54.8 cm³/mol. The Kier molecular flexibility index (Phi) is 9.74.